The van der Waals surface area contributed by atoms with Gasteiger partial charge < -0.3 is 16.4 Å². The van der Waals surface area contributed by atoms with Crippen LogP contribution in [-0.2, 0) is 7.05 Å². The maximum absolute atomic E-state index is 5.83. The molecule has 0 saturated heterocycles. The quantitative estimate of drug-likeness (QED) is 0.235. The van der Waals surface area contributed by atoms with Gasteiger partial charge in [0, 0.05) is 26.7 Å². The van der Waals surface area contributed by atoms with Crippen molar-refractivity contribution in [2.24, 2.45) is 17.8 Å². The number of unbranched alkanes of at least 4 members (excludes halogenated alkanes) is 3. The Labute approximate surface area is 159 Å². The fourth-order valence-corrected chi connectivity index (χ4v) is 2.27. The number of rotatable bonds is 9. The van der Waals surface area contributed by atoms with Gasteiger partial charge >= 0.3 is 0 Å². The summed E-state index contributed by atoms with van der Waals surface area (Å²) in [5.41, 5.74) is 6.64. The highest BCUT2D eigenvalue weighted by Gasteiger charge is 2.06. The van der Waals surface area contributed by atoms with Gasteiger partial charge in [-0.3, -0.25) is 9.67 Å². The molecule has 0 saturated carbocycles. The van der Waals surface area contributed by atoms with E-state index in [2.05, 4.69) is 37.6 Å². The molecule has 0 radical (unpaired) electrons. The van der Waals surface area contributed by atoms with E-state index in [9.17, 15) is 0 Å². The van der Waals surface area contributed by atoms with Crippen molar-refractivity contribution >= 4 is 46.8 Å². The molecule has 2 aromatic rings. The predicted octanol–water partition coefficient (Wildman–Crippen LogP) is 1.88. The number of hydrogen-bond donors (Lipinski definition) is 3. The third kappa shape index (κ3) is 6.10. The minimum absolute atomic E-state index is 0. The minimum atomic E-state index is 0. The highest BCUT2D eigenvalue weighted by Crippen LogP contribution is 2.16. The molecule has 4 N–H and O–H groups in total. The van der Waals surface area contributed by atoms with E-state index in [1.807, 2.05) is 7.05 Å². The van der Waals surface area contributed by atoms with E-state index in [0.717, 1.165) is 29.8 Å². The first-order chi connectivity index (χ1) is 11.2. The molecule has 2 heterocycles. The smallest absolute Gasteiger partial charge is 0.188 e. The second-order valence-electron chi connectivity index (χ2n) is 5.41. The van der Waals surface area contributed by atoms with E-state index < -0.39 is 0 Å². The second kappa shape index (κ2) is 11.0. The van der Waals surface area contributed by atoms with Crippen LogP contribution in [0.5, 0.6) is 0 Å². The van der Waals surface area contributed by atoms with Gasteiger partial charge in [-0.15, -0.1) is 24.0 Å². The van der Waals surface area contributed by atoms with Gasteiger partial charge in [-0.2, -0.15) is 5.10 Å². The summed E-state index contributed by atoms with van der Waals surface area (Å²) < 4.78 is 1.73. The first-order valence-corrected chi connectivity index (χ1v) is 8.12. The fraction of sp³-hybridized carbons (Fsp3) is 0.600. The van der Waals surface area contributed by atoms with E-state index in [1.54, 1.807) is 10.9 Å². The van der Waals surface area contributed by atoms with Crippen LogP contribution in [0, 0.1) is 0 Å². The van der Waals surface area contributed by atoms with Crippen LogP contribution in [0.3, 0.4) is 0 Å². The molecule has 0 fully saturated rings. The normalized spacial score (nSPS) is 11.3. The SMILES string of the molecule is CCCCCCN=C(N)NCCNc1ncnc2c1cnn2C.I. The van der Waals surface area contributed by atoms with E-state index in [-0.39, 0.29) is 24.0 Å². The van der Waals surface area contributed by atoms with Crippen LogP contribution >= 0.6 is 24.0 Å². The van der Waals surface area contributed by atoms with Crippen LogP contribution in [0.4, 0.5) is 5.82 Å². The van der Waals surface area contributed by atoms with Crippen molar-refractivity contribution in [2.75, 3.05) is 25.0 Å². The maximum Gasteiger partial charge on any atom is 0.188 e. The molecule has 0 bridgehead atoms. The Morgan fingerprint density at radius 2 is 2.08 bits per heavy atom. The zero-order valence-electron chi connectivity index (χ0n) is 14.3. The molecule has 0 spiro atoms. The van der Waals surface area contributed by atoms with Crippen LogP contribution in [0.15, 0.2) is 17.5 Å². The van der Waals surface area contributed by atoms with Gasteiger partial charge in [0.05, 0.1) is 11.6 Å². The predicted molar refractivity (Wildman–Crippen MR) is 109 cm³/mol. The lowest BCUT2D eigenvalue weighted by Gasteiger charge is -2.08. The van der Waals surface area contributed by atoms with Crippen molar-refractivity contribution in [1.29, 1.82) is 0 Å². The number of hydrogen-bond acceptors (Lipinski definition) is 5. The van der Waals surface area contributed by atoms with E-state index in [0.29, 0.717) is 19.0 Å². The number of fused-ring (bicyclic) bond motifs is 1. The first-order valence-electron chi connectivity index (χ1n) is 8.12. The van der Waals surface area contributed by atoms with Crippen molar-refractivity contribution in [1.82, 2.24) is 25.1 Å². The molecule has 0 aliphatic heterocycles. The number of aromatic nitrogens is 4. The lowest BCUT2D eigenvalue weighted by Crippen LogP contribution is -2.35. The number of nitrogens with zero attached hydrogens (tertiary/aromatic N) is 5. The lowest BCUT2D eigenvalue weighted by molar-refractivity contribution is 0.673. The minimum Gasteiger partial charge on any atom is -0.370 e. The average molecular weight is 446 g/mol. The monoisotopic (exact) mass is 446 g/mol. The number of aryl methyl sites for hydroxylation is 1. The van der Waals surface area contributed by atoms with Gasteiger partial charge in [-0.25, -0.2) is 9.97 Å². The Morgan fingerprint density at radius 3 is 2.88 bits per heavy atom. The summed E-state index contributed by atoms with van der Waals surface area (Å²) in [6, 6.07) is 0. The number of nitrogens with one attached hydrogen (secondary N) is 2. The lowest BCUT2D eigenvalue weighted by atomic mass is 10.2. The molecule has 0 aliphatic carbocycles. The van der Waals surface area contributed by atoms with Gasteiger partial charge in [0.2, 0.25) is 0 Å². The molecule has 0 aliphatic rings. The van der Waals surface area contributed by atoms with Crippen LogP contribution in [0.1, 0.15) is 32.6 Å². The molecule has 2 rings (SSSR count). The standard InChI is InChI=1S/C15H26N8.HI/c1-3-4-5-6-7-18-15(16)19-9-8-17-13-12-10-22-23(2)14(12)21-11-20-13;/h10-11H,3-9H2,1-2H3,(H3,16,18,19)(H,17,20,21);1H. The zero-order chi connectivity index (χ0) is 16.5. The number of anilines is 1. The van der Waals surface area contributed by atoms with Gasteiger partial charge in [-0.1, -0.05) is 26.2 Å². The Bertz CT molecular complexity index is 639. The molecular weight excluding hydrogens is 419 g/mol. The summed E-state index contributed by atoms with van der Waals surface area (Å²) >= 11 is 0. The van der Waals surface area contributed by atoms with E-state index >= 15 is 0 Å². The van der Waals surface area contributed by atoms with Crippen molar-refractivity contribution in [3.8, 4) is 0 Å². The van der Waals surface area contributed by atoms with Gasteiger partial charge in [0.1, 0.15) is 12.1 Å². The number of halogens is 1. The summed E-state index contributed by atoms with van der Waals surface area (Å²) in [5.74, 6) is 1.28. The van der Waals surface area contributed by atoms with Crippen LogP contribution < -0.4 is 16.4 Å². The van der Waals surface area contributed by atoms with Crippen LogP contribution in [0.25, 0.3) is 11.0 Å². The molecule has 24 heavy (non-hydrogen) atoms. The van der Waals surface area contributed by atoms with Crippen LogP contribution in [0.2, 0.25) is 0 Å². The summed E-state index contributed by atoms with van der Waals surface area (Å²) in [6.45, 7) is 4.35. The Balaban J connectivity index is 0.00000288. The summed E-state index contributed by atoms with van der Waals surface area (Å²) in [7, 11) is 1.86. The molecule has 0 unspecified atom stereocenters. The maximum atomic E-state index is 5.83. The van der Waals surface area contributed by atoms with Crippen LogP contribution in [-0.4, -0.2) is 45.3 Å². The molecule has 0 aromatic carbocycles. The second-order valence-corrected chi connectivity index (χ2v) is 5.41. The highest BCUT2D eigenvalue weighted by molar-refractivity contribution is 14.0. The Kier molecular flexibility index (Phi) is 9.35. The average Bonchev–Trinajstić information content (AvgIpc) is 2.94. The number of guanidine groups is 1. The van der Waals surface area contributed by atoms with E-state index in [1.165, 1.54) is 25.6 Å². The van der Waals surface area contributed by atoms with E-state index in [4.69, 9.17) is 5.73 Å². The Hall–Kier alpha value is -1.65. The van der Waals surface area contributed by atoms with Gasteiger partial charge in [0.15, 0.2) is 11.6 Å². The van der Waals surface area contributed by atoms with Crippen molar-refractivity contribution < 1.29 is 0 Å². The third-order valence-corrected chi connectivity index (χ3v) is 3.55. The number of aliphatic imine (C=N–C) groups is 1. The molecule has 0 amide bonds. The summed E-state index contributed by atoms with van der Waals surface area (Å²) in [4.78, 5) is 12.8. The van der Waals surface area contributed by atoms with Gasteiger partial charge in [-0.05, 0) is 6.42 Å². The number of nitrogens with two attached hydrogens (primary N) is 1. The molecular formula is C15H27IN8. The molecule has 134 valence electrons. The highest BCUT2D eigenvalue weighted by atomic mass is 127. The summed E-state index contributed by atoms with van der Waals surface area (Å²) in [6.07, 6.45) is 8.09. The Morgan fingerprint density at radius 1 is 1.25 bits per heavy atom. The first kappa shape index (κ1) is 20.4. The topological polar surface area (TPSA) is 106 Å². The zero-order valence-corrected chi connectivity index (χ0v) is 16.7. The molecule has 0 atom stereocenters. The van der Waals surface area contributed by atoms with Crippen molar-refractivity contribution in [2.45, 2.75) is 32.6 Å². The van der Waals surface area contributed by atoms with Crippen molar-refractivity contribution in [3.63, 3.8) is 0 Å². The van der Waals surface area contributed by atoms with Crippen molar-refractivity contribution in [3.05, 3.63) is 12.5 Å². The third-order valence-electron chi connectivity index (χ3n) is 3.55. The largest absolute Gasteiger partial charge is 0.370 e. The molecule has 8 nitrogen and oxygen atoms in total. The fourth-order valence-electron chi connectivity index (χ4n) is 2.27. The van der Waals surface area contributed by atoms with Gasteiger partial charge in [0.25, 0.3) is 0 Å². The molecule has 9 heteroatoms. The summed E-state index contributed by atoms with van der Waals surface area (Å²) in [5, 5.41) is 11.5. The molecule has 2 aromatic heterocycles.